The SMILES string of the molecule is CCOc1cccc(C(NC)c2cc(Br)ccc2C)c1. The minimum Gasteiger partial charge on any atom is -0.494 e. The van der Waals surface area contributed by atoms with Crippen LogP contribution in [0.5, 0.6) is 5.75 Å². The van der Waals surface area contributed by atoms with Gasteiger partial charge in [-0.05, 0) is 61.9 Å². The van der Waals surface area contributed by atoms with Gasteiger partial charge in [-0.3, -0.25) is 0 Å². The molecule has 2 aromatic rings. The Morgan fingerprint density at radius 2 is 2.00 bits per heavy atom. The fourth-order valence-electron chi connectivity index (χ4n) is 2.37. The molecule has 0 heterocycles. The van der Waals surface area contributed by atoms with Gasteiger partial charge in [0.25, 0.3) is 0 Å². The van der Waals surface area contributed by atoms with Crippen molar-refractivity contribution in [2.75, 3.05) is 13.7 Å². The number of hydrogen-bond donors (Lipinski definition) is 1. The molecule has 3 heteroatoms. The van der Waals surface area contributed by atoms with Gasteiger partial charge >= 0.3 is 0 Å². The number of aryl methyl sites for hydroxylation is 1. The van der Waals surface area contributed by atoms with E-state index in [9.17, 15) is 0 Å². The van der Waals surface area contributed by atoms with Gasteiger partial charge in [-0.25, -0.2) is 0 Å². The number of ether oxygens (including phenoxy) is 1. The van der Waals surface area contributed by atoms with E-state index >= 15 is 0 Å². The zero-order valence-corrected chi connectivity index (χ0v) is 13.7. The van der Waals surface area contributed by atoms with Crippen molar-refractivity contribution in [3.63, 3.8) is 0 Å². The van der Waals surface area contributed by atoms with Crippen molar-refractivity contribution in [2.45, 2.75) is 19.9 Å². The first-order valence-electron chi connectivity index (χ1n) is 6.81. The van der Waals surface area contributed by atoms with Gasteiger partial charge in [-0.15, -0.1) is 0 Å². The summed E-state index contributed by atoms with van der Waals surface area (Å²) < 4.78 is 6.69. The van der Waals surface area contributed by atoms with Crippen LogP contribution < -0.4 is 10.1 Å². The van der Waals surface area contributed by atoms with Crippen molar-refractivity contribution in [3.05, 3.63) is 63.6 Å². The molecule has 2 rings (SSSR count). The van der Waals surface area contributed by atoms with E-state index in [-0.39, 0.29) is 6.04 Å². The van der Waals surface area contributed by atoms with E-state index in [2.05, 4.69) is 58.5 Å². The highest BCUT2D eigenvalue weighted by molar-refractivity contribution is 9.10. The highest BCUT2D eigenvalue weighted by atomic mass is 79.9. The van der Waals surface area contributed by atoms with Gasteiger partial charge < -0.3 is 10.1 Å². The van der Waals surface area contributed by atoms with Crippen LogP contribution in [-0.2, 0) is 0 Å². The van der Waals surface area contributed by atoms with Gasteiger partial charge in [0, 0.05) is 4.47 Å². The van der Waals surface area contributed by atoms with Crippen LogP contribution in [0.15, 0.2) is 46.9 Å². The third-order valence-corrected chi connectivity index (χ3v) is 3.84. The normalized spacial score (nSPS) is 12.2. The lowest BCUT2D eigenvalue weighted by Crippen LogP contribution is -2.18. The summed E-state index contributed by atoms with van der Waals surface area (Å²) in [5.74, 6) is 0.915. The topological polar surface area (TPSA) is 21.3 Å². The Balaban J connectivity index is 2.41. The number of benzene rings is 2. The molecule has 0 aromatic heterocycles. The van der Waals surface area contributed by atoms with Crippen LogP contribution in [0.1, 0.15) is 29.7 Å². The maximum atomic E-state index is 5.59. The predicted molar refractivity (Wildman–Crippen MR) is 87.4 cm³/mol. The summed E-state index contributed by atoms with van der Waals surface area (Å²) in [4.78, 5) is 0. The van der Waals surface area contributed by atoms with Crippen molar-refractivity contribution in [1.82, 2.24) is 5.32 Å². The maximum Gasteiger partial charge on any atom is 0.119 e. The van der Waals surface area contributed by atoms with Crippen molar-refractivity contribution >= 4 is 15.9 Å². The molecule has 0 aliphatic heterocycles. The van der Waals surface area contributed by atoms with Crippen molar-refractivity contribution in [2.24, 2.45) is 0 Å². The molecule has 106 valence electrons. The minimum atomic E-state index is 0.160. The van der Waals surface area contributed by atoms with Crippen molar-refractivity contribution in [1.29, 1.82) is 0 Å². The summed E-state index contributed by atoms with van der Waals surface area (Å²) in [6, 6.07) is 14.8. The minimum absolute atomic E-state index is 0.160. The van der Waals surface area contributed by atoms with Gasteiger partial charge in [0.1, 0.15) is 5.75 Å². The molecule has 2 nitrogen and oxygen atoms in total. The predicted octanol–water partition coefficient (Wildman–Crippen LogP) is 4.47. The molecular weight excluding hydrogens is 314 g/mol. The van der Waals surface area contributed by atoms with Crippen LogP contribution in [0.2, 0.25) is 0 Å². The van der Waals surface area contributed by atoms with Gasteiger partial charge in [-0.2, -0.15) is 0 Å². The Labute approximate surface area is 129 Å². The number of nitrogens with one attached hydrogen (secondary N) is 1. The zero-order valence-electron chi connectivity index (χ0n) is 12.1. The van der Waals surface area contributed by atoms with Gasteiger partial charge in [-0.1, -0.05) is 34.1 Å². The second kappa shape index (κ2) is 6.91. The lowest BCUT2D eigenvalue weighted by Gasteiger charge is -2.20. The first kappa shape index (κ1) is 15.1. The Morgan fingerprint density at radius 1 is 1.20 bits per heavy atom. The van der Waals surface area contributed by atoms with E-state index in [1.165, 1.54) is 16.7 Å². The quantitative estimate of drug-likeness (QED) is 0.871. The molecule has 0 aliphatic rings. The van der Waals surface area contributed by atoms with Crippen LogP contribution >= 0.6 is 15.9 Å². The van der Waals surface area contributed by atoms with E-state index < -0.39 is 0 Å². The van der Waals surface area contributed by atoms with Crippen LogP contribution in [0.4, 0.5) is 0 Å². The Hall–Kier alpha value is -1.32. The average Bonchev–Trinajstić information content (AvgIpc) is 2.44. The molecule has 0 amide bonds. The van der Waals surface area contributed by atoms with Crippen LogP contribution in [0.3, 0.4) is 0 Å². The smallest absolute Gasteiger partial charge is 0.119 e. The molecule has 1 atom stereocenters. The molecule has 1 N–H and O–H groups in total. The summed E-state index contributed by atoms with van der Waals surface area (Å²) in [6.45, 7) is 4.82. The summed E-state index contributed by atoms with van der Waals surface area (Å²) in [5, 5.41) is 3.40. The van der Waals surface area contributed by atoms with Crippen LogP contribution in [0.25, 0.3) is 0 Å². The summed E-state index contributed by atoms with van der Waals surface area (Å²) >= 11 is 3.55. The highest BCUT2D eigenvalue weighted by Crippen LogP contribution is 2.29. The maximum absolute atomic E-state index is 5.59. The molecule has 0 radical (unpaired) electrons. The summed E-state index contributed by atoms with van der Waals surface area (Å²) in [7, 11) is 1.98. The zero-order chi connectivity index (χ0) is 14.5. The Morgan fingerprint density at radius 3 is 2.70 bits per heavy atom. The second-order valence-corrected chi connectivity index (χ2v) is 5.64. The fraction of sp³-hybridized carbons (Fsp3) is 0.294. The summed E-state index contributed by atoms with van der Waals surface area (Å²) in [5.41, 5.74) is 3.75. The lowest BCUT2D eigenvalue weighted by atomic mass is 9.95. The molecule has 1 unspecified atom stereocenters. The van der Waals surface area contributed by atoms with E-state index in [4.69, 9.17) is 4.74 Å². The van der Waals surface area contributed by atoms with Gasteiger partial charge in [0.15, 0.2) is 0 Å². The molecule has 0 aliphatic carbocycles. The molecule has 0 saturated carbocycles. The third-order valence-electron chi connectivity index (χ3n) is 3.34. The number of halogens is 1. The largest absolute Gasteiger partial charge is 0.494 e. The molecule has 0 saturated heterocycles. The Bertz CT molecular complexity index is 583. The van der Waals surface area contributed by atoms with Crippen LogP contribution in [-0.4, -0.2) is 13.7 Å². The molecular formula is C17H20BrNO. The number of rotatable bonds is 5. The lowest BCUT2D eigenvalue weighted by molar-refractivity contribution is 0.339. The Kier molecular flexibility index (Phi) is 5.21. The van der Waals surface area contributed by atoms with E-state index in [1.807, 2.05) is 26.1 Å². The second-order valence-electron chi connectivity index (χ2n) is 4.73. The standard InChI is InChI=1S/C17H20BrNO/c1-4-20-15-7-5-6-13(10-15)17(19-3)16-11-14(18)9-8-12(16)2/h5-11,17,19H,4H2,1-3H3. The fourth-order valence-corrected chi connectivity index (χ4v) is 2.75. The third kappa shape index (κ3) is 3.41. The van der Waals surface area contributed by atoms with E-state index in [0.29, 0.717) is 6.61 Å². The van der Waals surface area contributed by atoms with E-state index in [1.54, 1.807) is 0 Å². The monoisotopic (exact) mass is 333 g/mol. The van der Waals surface area contributed by atoms with Crippen molar-refractivity contribution in [3.8, 4) is 5.75 Å². The molecule has 0 fully saturated rings. The first-order chi connectivity index (χ1) is 9.65. The number of hydrogen-bond acceptors (Lipinski definition) is 2. The molecule has 2 aromatic carbocycles. The van der Waals surface area contributed by atoms with Gasteiger partial charge in [0.2, 0.25) is 0 Å². The molecule has 0 spiro atoms. The van der Waals surface area contributed by atoms with Crippen LogP contribution in [0, 0.1) is 6.92 Å². The van der Waals surface area contributed by atoms with Crippen molar-refractivity contribution < 1.29 is 4.74 Å². The van der Waals surface area contributed by atoms with E-state index in [0.717, 1.165) is 10.2 Å². The average molecular weight is 334 g/mol. The highest BCUT2D eigenvalue weighted by Gasteiger charge is 2.15. The molecule has 20 heavy (non-hydrogen) atoms. The molecule has 0 bridgehead atoms. The van der Waals surface area contributed by atoms with Gasteiger partial charge in [0.05, 0.1) is 12.6 Å². The first-order valence-corrected chi connectivity index (χ1v) is 7.61. The summed E-state index contributed by atoms with van der Waals surface area (Å²) in [6.07, 6.45) is 0.